The zero-order chi connectivity index (χ0) is 21.2. The number of ether oxygens (including phenoxy) is 3. The highest BCUT2D eigenvalue weighted by molar-refractivity contribution is 4.98. The van der Waals surface area contributed by atoms with Crippen molar-refractivity contribution in [1.29, 1.82) is 0 Å². The minimum Gasteiger partial charge on any atom is -0.394 e. The summed E-state index contributed by atoms with van der Waals surface area (Å²) in [7, 11) is 0. The van der Waals surface area contributed by atoms with E-state index in [-0.39, 0.29) is 19.1 Å². The molecule has 0 aliphatic carbocycles. The van der Waals surface area contributed by atoms with Gasteiger partial charge in [-0.15, -0.1) is 0 Å². The smallest absolute Gasteiger partial charge is 0.110 e. The van der Waals surface area contributed by atoms with Gasteiger partial charge in [-0.3, -0.25) is 0 Å². The Morgan fingerprint density at radius 3 is 1.89 bits per heavy atom. The van der Waals surface area contributed by atoms with Gasteiger partial charge in [0.1, 0.15) is 36.6 Å². The van der Waals surface area contributed by atoms with Gasteiger partial charge in [0.15, 0.2) is 0 Å². The maximum atomic E-state index is 10.2. The van der Waals surface area contributed by atoms with Crippen LogP contribution in [-0.2, 0) is 14.2 Å². The van der Waals surface area contributed by atoms with Crippen LogP contribution >= 0.6 is 0 Å². The quantitative estimate of drug-likeness (QED) is 0.201. The summed E-state index contributed by atoms with van der Waals surface area (Å²) in [5, 5.41) is 49.5. The van der Waals surface area contributed by atoms with Crippen molar-refractivity contribution in [1.82, 2.24) is 0 Å². The average molecular weight is 409 g/mol. The van der Waals surface area contributed by atoms with E-state index in [9.17, 15) is 25.5 Å². The van der Waals surface area contributed by atoms with Crippen LogP contribution in [0.25, 0.3) is 0 Å². The first-order chi connectivity index (χ1) is 13.1. The van der Waals surface area contributed by atoms with E-state index < -0.39 is 73.6 Å². The zero-order valence-electron chi connectivity index (χ0n) is 16.2. The summed E-state index contributed by atoms with van der Waals surface area (Å²) in [5.74, 6) is -0.289. The van der Waals surface area contributed by atoms with Crippen LogP contribution in [0, 0.1) is 5.92 Å². The Labute approximate surface area is 164 Å². The Hall–Kier alpha value is -0.440. The molecule has 11 N–H and O–H groups in total. The fourth-order valence-electron chi connectivity index (χ4n) is 3.77. The molecular formula is C17H35N3O8. The van der Waals surface area contributed by atoms with Gasteiger partial charge in [0, 0.05) is 12.0 Å². The SMILES string of the molecule is CC(N)C1OC(COCC(C)C2OC(CO)C(O)C(O)C2N)C(O)C(O)C1N. The molecule has 0 aromatic rings. The first kappa shape index (κ1) is 23.8. The van der Waals surface area contributed by atoms with Gasteiger partial charge in [0.2, 0.25) is 0 Å². The van der Waals surface area contributed by atoms with Crippen molar-refractivity contribution in [3.05, 3.63) is 0 Å². The highest BCUT2D eigenvalue weighted by Gasteiger charge is 2.45. The van der Waals surface area contributed by atoms with Crippen LogP contribution < -0.4 is 17.2 Å². The van der Waals surface area contributed by atoms with Gasteiger partial charge in [-0.25, -0.2) is 0 Å². The number of hydrogen-bond acceptors (Lipinski definition) is 11. The molecular weight excluding hydrogens is 374 g/mol. The Balaban J connectivity index is 1.89. The van der Waals surface area contributed by atoms with E-state index in [2.05, 4.69) is 0 Å². The summed E-state index contributed by atoms with van der Waals surface area (Å²) in [6.45, 7) is 3.17. The lowest BCUT2D eigenvalue weighted by Gasteiger charge is -2.44. The Kier molecular flexibility index (Phi) is 8.55. The van der Waals surface area contributed by atoms with E-state index in [0.29, 0.717) is 0 Å². The van der Waals surface area contributed by atoms with Gasteiger partial charge >= 0.3 is 0 Å². The second kappa shape index (κ2) is 10.0. The molecule has 2 aliphatic rings. The molecule has 2 saturated heterocycles. The maximum Gasteiger partial charge on any atom is 0.110 e. The van der Waals surface area contributed by atoms with Crippen molar-refractivity contribution in [3.63, 3.8) is 0 Å². The van der Waals surface area contributed by atoms with Gasteiger partial charge in [0.05, 0.1) is 44.1 Å². The van der Waals surface area contributed by atoms with Crippen molar-refractivity contribution in [3.8, 4) is 0 Å². The summed E-state index contributed by atoms with van der Waals surface area (Å²) in [6.07, 6.45) is -7.92. The molecule has 0 saturated carbocycles. The molecule has 12 atom stereocenters. The van der Waals surface area contributed by atoms with Crippen LogP contribution in [0.5, 0.6) is 0 Å². The molecule has 11 heteroatoms. The van der Waals surface area contributed by atoms with Crippen LogP contribution in [0.2, 0.25) is 0 Å². The summed E-state index contributed by atoms with van der Waals surface area (Å²) in [4.78, 5) is 0. The largest absolute Gasteiger partial charge is 0.394 e. The van der Waals surface area contributed by atoms with Crippen molar-refractivity contribution in [2.75, 3.05) is 19.8 Å². The van der Waals surface area contributed by atoms with Crippen LogP contribution in [0.1, 0.15) is 13.8 Å². The van der Waals surface area contributed by atoms with Crippen molar-refractivity contribution in [2.24, 2.45) is 23.1 Å². The lowest BCUT2D eigenvalue weighted by Crippen LogP contribution is -2.65. The molecule has 0 radical (unpaired) electrons. The summed E-state index contributed by atoms with van der Waals surface area (Å²) >= 11 is 0. The van der Waals surface area contributed by atoms with E-state index in [4.69, 9.17) is 31.4 Å². The van der Waals surface area contributed by atoms with E-state index in [1.165, 1.54) is 0 Å². The Morgan fingerprint density at radius 2 is 1.36 bits per heavy atom. The van der Waals surface area contributed by atoms with Crippen molar-refractivity contribution < 1.29 is 39.7 Å². The van der Waals surface area contributed by atoms with Crippen LogP contribution in [-0.4, -0.2) is 112 Å². The number of rotatable bonds is 7. The topological polar surface area (TPSA) is 207 Å². The lowest BCUT2D eigenvalue weighted by molar-refractivity contribution is -0.212. The third-order valence-electron chi connectivity index (χ3n) is 5.59. The van der Waals surface area contributed by atoms with E-state index >= 15 is 0 Å². The van der Waals surface area contributed by atoms with Gasteiger partial charge in [0.25, 0.3) is 0 Å². The Morgan fingerprint density at radius 1 is 0.857 bits per heavy atom. The molecule has 0 bridgehead atoms. The van der Waals surface area contributed by atoms with Crippen LogP contribution in [0.15, 0.2) is 0 Å². The second-order valence-electron chi connectivity index (χ2n) is 7.95. The standard InChI is InChI=1S/C17H35N3O8/c1-6(16-10(19)14(24)12(22)8(3-21)27-16)4-26-5-9-13(23)15(25)11(20)17(28-9)7(2)18/h6-17,21-25H,3-5,18-20H2,1-2H3. The molecule has 2 fully saturated rings. The van der Waals surface area contributed by atoms with Gasteiger partial charge < -0.3 is 56.9 Å². The molecule has 2 aliphatic heterocycles. The zero-order valence-corrected chi connectivity index (χ0v) is 16.2. The average Bonchev–Trinajstić information content (AvgIpc) is 2.66. The molecule has 0 aromatic carbocycles. The van der Waals surface area contributed by atoms with Gasteiger partial charge in [-0.05, 0) is 6.92 Å². The normalized spacial score (nSPS) is 46.9. The fourth-order valence-corrected chi connectivity index (χ4v) is 3.77. The van der Waals surface area contributed by atoms with Gasteiger partial charge in [-0.1, -0.05) is 6.92 Å². The monoisotopic (exact) mass is 409 g/mol. The molecule has 0 amide bonds. The van der Waals surface area contributed by atoms with E-state index in [0.717, 1.165) is 0 Å². The molecule has 0 spiro atoms. The summed E-state index contributed by atoms with van der Waals surface area (Å²) < 4.78 is 17.0. The first-order valence-corrected chi connectivity index (χ1v) is 9.58. The molecule has 2 rings (SSSR count). The molecule has 0 aromatic heterocycles. The maximum absolute atomic E-state index is 10.2. The number of aliphatic hydroxyl groups is 5. The molecule has 28 heavy (non-hydrogen) atoms. The molecule has 12 unspecified atom stereocenters. The number of aliphatic hydroxyl groups excluding tert-OH is 5. The van der Waals surface area contributed by atoms with Crippen molar-refractivity contribution in [2.45, 2.75) is 80.8 Å². The van der Waals surface area contributed by atoms with Crippen LogP contribution in [0.4, 0.5) is 0 Å². The molecule has 2 heterocycles. The summed E-state index contributed by atoms with van der Waals surface area (Å²) in [6, 6.07) is -2.09. The first-order valence-electron chi connectivity index (χ1n) is 9.58. The lowest BCUT2D eigenvalue weighted by atomic mass is 9.87. The molecule has 166 valence electrons. The third kappa shape index (κ3) is 4.99. The Bertz CT molecular complexity index is 485. The highest BCUT2D eigenvalue weighted by atomic mass is 16.6. The molecule has 11 nitrogen and oxygen atoms in total. The minimum absolute atomic E-state index is 0.0188. The number of nitrogens with two attached hydrogens (primary N) is 3. The second-order valence-corrected chi connectivity index (χ2v) is 7.95. The minimum atomic E-state index is -1.27. The third-order valence-corrected chi connectivity index (χ3v) is 5.59. The van der Waals surface area contributed by atoms with E-state index in [1.54, 1.807) is 13.8 Å². The van der Waals surface area contributed by atoms with Crippen LogP contribution in [0.3, 0.4) is 0 Å². The van der Waals surface area contributed by atoms with E-state index in [1.807, 2.05) is 0 Å². The fraction of sp³-hybridized carbons (Fsp3) is 1.00. The predicted octanol–water partition coefficient (Wildman–Crippen LogP) is -4.39. The van der Waals surface area contributed by atoms with Gasteiger partial charge in [-0.2, -0.15) is 0 Å². The predicted molar refractivity (Wildman–Crippen MR) is 98.0 cm³/mol. The summed E-state index contributed by atoms with van der Waals surface area (Å²) in [5.41, 5.74) is 17.7. The van der Waals surface area contributed by atoms with Crippen molar-refractivity contribution >= 4 is 0 Å². The highest BCUT2D eigenvalue weighted by Crippen LogP contribution is 2.26. The number of hydrogen-bond donors (Lipinski definition) is 8.